The first-order valence-corrected chi connectivity index (χ1v) is 4.44. The van der Waals surface area contributed by atoms with Crippen molar-refractivity contribution in [3.63, 3.8) is 0 Å². The lowest BCUT2D eigenvalue weighted by atomic mass is 10.3. The molecule has 0 amide bonds. The molecule has 0 aliphatic rings. The maximum absolute atomic E-state index is 13.2. The molecule has 0 bridgehead atoms. The van der Waals surface area contributed by atoms with Gasteiger partial charge < -0.3 is 10.2 Å². The Hall–Kier alpha value is -0.940. The van der Waals surface area contributed by atoms with E-state index in [-0.39, 0.29) is 12.1 Å². The van der Waals surface area contributed by atoms with E-state index in [0.717, 1.165) is 0 Å². The fourth-order valence-electron chi connectivity index (χ4n) is 1.09. The molecule has 0 fully saturated rings. The molecule has 13 heavy (non-hydrogen) atoms. The zero-order valence-electron chi connectivity index (χ0n) is 6.55. The summed E-state index contributed by atoms with van der Waals surface area (Å²) in [6.45, 7) is 0.172. The molecule has 1 aromatic heterocycles. The van der Waals surface area contributed by atoms with E-state index in [9.17, 15) is 4.39 Å². The van der Waals surface area contributed by atoms with Crippen molar-refractivity contribution < 1.29 is 8.81 Å². The number of nitrogens with two attached hydrogens (primary N) is 1. The van der Waals surface area contributed by atoms with Crippen LogP contribution in [0.4, 0.5) is 4.39 Å². The zero-order valence-corrected chi connectivity index (χ0v) is 8.14. The monoisotopic (exact) mass is 244 g/mol. The van der Waals surface area contributed by atoms with E-state index in [1.807, 2.05) is 0 Å². The summed E-state index contributed by atoms with van der Waals surface area (Å²) in [5.41, 5.74) is 5.95. The van der Waals surface area contributed by atoms with Crippen molar-refractivity contribution in [1.82, 2.24) is 4.98 Å². The predicted molar refractivity (Wildman–Crippen MR) is 49.6 cm³/mol. The topological polar surface area (TPSA) is 52.0 Å². The molecule has 0 aliphatic carbocycles. The molecule has 1 aromatic carbocycles. The Morgan fingerprint density at radius 2 is 2.31 bits per heavy atom. The zero-order chi connectivity index (χ0) is 9.42. The fraction of sp³-hybridized carbons (Fsp3) is 0.125. The number of aromatic nitrogens is 1. The van der Waals surface area contributed by atoms with Crippen molar-refractivity contribution in [3.8, 4) is 0 Å². The maximum atomic E-state index is 13.2. The summed E-state index contributed by atoms with van der Waals surface area (Å²) >= 11 is 3.16. The van der Waals surface area contributed by atoms with Crippen molar-refractivity contribution in [1.29, 1.82) is 0 Å². The summed E-state index contributed by atoms with van der Waals surface area (Å²) < 4.78 is 18.9. The third-order valence-electron chi connectivity index (χ3n) is 1.63. The summed E-state index contributed by atoms with van der Waals surface area (Å²) in [6, 6.07) is 3.01. The van der Waals surface area contributed by atoms with Crippen LogP contribution < -0.4 is 5.73 Å². The number of rotatable bonds is 1. The third kappa shape index (κ3) is 1.45. The average Bonchev–Trinajstić information content (AvgIpc) is 2.47. The molecule has 0 radical (unpaired) electrons. The molecular weight excluding hydrogens is 239 g/mol. The highest BCUT2D eigenvalue weighted by Gasteiger charge is 2.09. The van der Waals surface area contributed by atoms with Gasteiger partial charge in [-0.15, -0.1) is 0 Å². The van der Waals surface area contributed by atoms with Gasteiger partial charge in [0.25, 0.3) is 0 Å². The first-order chi connectivity index (χ1) is 6.20. The fourth-order valence-corrected chi connectivity index (χ4v) is 1.51. The minimum absolute atomic E-state index is 0.156. The Labute approximate surface area is 81.9 Å². The highest BCUT2D eigenvalue weighted by Crippen LogP contribution is 2.23. The van der Waals surface area contributed by atoms with Crippen LogP contribution in [0.1, 0.15) is 5.89 Å². The molecule has 0 saturated carbocycles. The van der Waals surface area contributed by atoms with E-state index >= 15 is 0 Å². The second-order valence-corrected chi connectivity index (χ2v) is 3.46. The lowest BCUT2D eigenvalue weighted by Gasteiger charge is -1.90. The highest BCUT2D eigenvalue weighted by molar-refractivity contribution is 9.10. The molecule has 1 heterocycles. The van der Waals surface area contributed by atoms with Gasteiger partial charge in [0.15, 0.2) is 11.4 Å². The first kappa shape index (κ1) is 8.65. The van der Waals surface area contributed by atoms with Crippen LogP contribution in [0.2, 0.25) is 0 Å². The molecular formula is C8H6BrFN2O. The van der Waals surface area contributed by atoms with Gasteiger partial charge in [0, 0.05) is 4.47 Å². The van der Waals surface area contributed by atoms with Gasteiger partial charge in [0.1, 0.15) is 5.52 Å². The molecule has 2 rings (SSSR count). The number of hydrogen-bond donors (Lipinski definition) is 1. The van der Waals surface area contributed by atoms with E-state index in [4.69, 9.17) is 10.2 Å². The van der Waals surface area contributed by atoms with Crippen LogP contribution in [0.5, 0.6) is 0 Å². The van der Waals surface area contributed by atoms with Crippen LogP contribution in [0.25, 0.3) is 11.1 Å². The van der Waals surface area contributed by atoms with Crippen molar-refractivity contribution in [2.45, 2.75) is 6.54 Å². The van der Waals surface area contributed by atoms with Gasteiger partial charge in [-0.2, -0.15) is 0 Å². The number of halogens is 2. The lowest BCUT2D eigenvalue weighted by molar-refractivity contribution is 0.508. The molecule has 0 spiro atoms. The maximum Gasteiger partial charge on any atom is 0.209 e. The first-order valence-electron chi connectivity index (χ1n) is 3.65. The Bertz CT molecular complexity index is 455. The Morgan fingerprint density at radius 1 is 1.54 bits per heavy atom. The van der Waals surface area contributed by atoms with Gasteiger partial charge in [-0.05, 0) is 12.1 Å². The van der Waals surface area contributed by atoms with Crippen molar-refractivity contribution in [3.05, 3.63) is 28.3 Å². The smallest absolute Gasteiger partial charge is 0.209 e. The van der Waals surface area contributed by atoms with Crippen LogP contribution in [0.3, 0.4) is 0 Å². The molecule has 2 N–H and O–H groups in total. The summed E-state index contributed by atoms with van der Waals surface area (Å²) in [6.07, 6.45) is 0. The average molecular weight is 245 g/mol. The molecule has 0 unspecified atom stereocenters. The highest BCUT2D eigenvalue weighted by atomic mass is 79.9. The standard InChI is InChI=1S/C8H6BrFN2O/c9-4-1-5(10)8-6(2-4)12-7(3-11)13-8/h1-2H,3,11H2. The predicted octanol–water partition coefficient (Wildman–Crippen LogP) is 2.19. The van der Waals surface area contributed by atoms with E-state index in [2.05, 4.69) is 20.9 Å². The SMILES string of the molecule is NCc1nc2cc(Br)cc(F)c2o1. The number of nitrogens with zero attached hydrogens (tertiary/aromatic N) is 1. The second kappa shape index (κ2) is 3.08. The summed E-state index contributed by atoms with van der Waals surface area (Å²) in [5.74, 6) is -0.0939. The molecule has 0 aliphatic heterocycles. The van der Waals surface area contributed by atoms with Crippen LogP contribution >= 0.6 is 15.9 Å². The van der Waals surface area contributed by atoms with Gasteiger partial charge in [-0.1, -0.05) is 15.9 Å². The molecule has 0 atom stereocenters. The van der Waals surface area contributed by atoms with Gasteiger partial charge in [0.05, 0.1) is 6.54 Å². The van der Waals surface area contributed by atoms with Gasteiger partial charge in [-0.3, -0.25) is 0 Å². The summed E-state index contributed by atoms with van der Waals surface area (Å²) in [7, 11) is 0. The van der Waals surface area contributed by atoms with E-state index in [0.29, 0.717) is 15.9 Å². The normalized spacial score (nSPS) is 11.0. The van der Waals surface area contributed by atoms with Crippen LogP contribution in [0, 0.1) is 5.82 Å². The largest absolute Gasteiger partial charge is 0.436 e. The Morgan fingerprint density at radius 3 is 3.00 bits per heavy atom. The minimum atomic E-state index is -0.434. The lowest BCUT2D eigenvalue weighted by Crippen LogP contribution is -1.94. The van der Waals surface area contributed by atoms with Crippen LogP contribution in [0.15, 0.2) is 21.0 Å². The summed E-state index contributed by atoms with van der Waals surface area (Å²) in [4.78, 5) is 3.99. The van der Waals surface area contributed by atoms with Gasteiger partial charge in [-0.25, -0.2) is 9.37 Å². The molecule has 3 nitrogen and oxygen atoms in total. The Kier molecular flexibility index (Phi) is 2.05. The molecule has 2 aromatic rings. The van der Waals surface area contributed by atoms with Crippen LogP contribution in [-0.4, -0.2) is 4.98 Å². The number of oxazole rings is 1. The molecule has 5 heteroatoms. The number of fused-ring (bicyclic) bond motifs is 1. The van der Waals surface area contributed by atoms with Crippen molar-refractivity contribution in [2.75, 3.05) is 0 Å². The summed E-state index contributed by atoms with van der Waals surface area (Å²) in [5, 5.41) is 0. The quantitative estimate of drug-likeness (QED) is 0.837. The minimum Gasteiger partial charge on any atom is -0.436 e. The molecule has 68 valence electrons. The Balaban J connectivity index is 2.75. The van der Waals surface area contributed by atoms with Crippen molar-refractivity contribution in [2.24, 2.45) is 5.73 Å². The number of benzene rings is 1. The van der Waals surface area contributed by atoms with Gasteiger partial charge in [0.2, 0.25) is 5.89 Å². The van der Waals surface area contributed by atoms with Crippen molar-refractivity contribution >= 4 is 27.0 Å². The van der Waals surface area contributed by atoms with E-state index in [1.165, 1.54) is 6.07 Å². The van der Waals surface area contributed by atoms with E-state index in [1.54, 1.807) is 6.07 Å². The van der Waals surface area contributed by atoms with Crippen LogP contribution in [-0.2, 0) is 6.54 Å². The number of hydrogen-bond acceptors (Lipinski definition) is 3. The van der Waals surface area contributed by atoms with E-state index < -0.39 is 5.82 Å². The third-order valence-corrected chi connectivity index (χ3v) is 2.09. The molecule has 0 saturated heterocycles. The second-order valence-electron chi connectivity index (χ2n) is 2.55. The van der Waals surface area contributed by atoms with Gasteiger partial charge >= 0.3 is 0 Å².